The molecule has 1 aromatic rings. The fourth-order valence-electron chi connectivity index (χ4n) is 1.28. The molecule has 1 aliphatic rings. The van der Waals surface area contributed by atoms with Crippen LogP contribution in [0.4, 0.5) is 8.78 Å². The van der Waals surface area contributed by atoms with Crippen molar-refractivity contribution in [3.05, 3.63) is 29.8 Å². The van der Waals surface area contributed by atoms with Gasteiger partial charge in [-0.05, 0) is 12.1 Å². The highest BCUT2D eigenvalue weighted by Crippen LogP contribution is 2.43. The molecule has 0 aromatic heterocycles. The molecule has 4 nitrogen and oxygen atoms in total. The summed E-state index contributed by atoms with van der Waals surface area (Å²) in [4.78, 5) is 10.3. The molecule has 0 saturated heterocycles. The minimum absolute atomic E-state index is 0.113. The summed E-state index contributed by atoms with van der Waals surface area (Å²) >= 11 is 0. The molecule has 84 valence electrons. The highest BCUT2D eigenvalue weighted by molar-refractivity contribution is 5.86. The lowest BCUT2D eigenvalue weighted by Gasteiger charge is -2.05. The molecule has 0 amide bonds. The number of alkyl halides is 2. The van der Waals surface area contributed by atoms with Gasteiger partial charge in [-0.1, -0.05) is 12.1 Å². The molecular formula is C10H6F2O4. The highest BCUT2D eigenvalue weighted by Gasteiger charge is 2.44. The number of aliphatic carboxylic acids is 1. The Morgan fingerprint density at radius 1 is 1.38 bits per heavy atom. The lowest BCUT2D eigenvalue weighted by atomic mass is 10.2. The second-order valence-electron chi connectivity index (χ2n) is 3.01. The zero-order chi connectivity index (χ0) is 11.8. The summed E-state index contributed by atoms with van der Waals surface area (Å²) in [5.74, 6) is -1.45. The molecule has 1 heterocycles. The normalized spacial score (nSPS) is 16.6. The van der Waals surface area contributed by atoms with Gasteiger partial charge < -0.3 is 14.6 Å². The lowest BCUT2D eigenvalue weighted by molar-refractivity contribution is -0.286. The van der Waals surface area contributed by atoms with Gasteiger partial charge in [0.2, 0.25) is 0 Å². The number of carbonyl (C=O) groups is 1. The summed E-state index contributed by atoms with van der Waals surface area (Å²) in [6.07, 6.45) is -1.71. The van der Waals surface area contributed by atoms with Crippen molar-refractivity contribution in [2.24, 2.45) is 0 Å². The smallest absolute Gasteiger partial charge is 0.478 e. The van der Waals surface area contributed by atoms with Gasteiger partial charge >= 0.3 is 12.3 Å². The number of hydrogen-bond acceptors (Lipinski definition) is 3. The van der Waals surface area contributed by atoms with E-state index >= 15 is 0 Å². The number of rotatable bonds is 2. The molecule has 0 radical (unpaired) electrons. The fourth-order valence-corrected chi connectivity index (χ4v) is 1.28. The van der Waals surface area contributed by atoms with Gasteiger partial charge in [-0.15, -0.1) is 8.78 Å². The first kappa shape index (κ1) is 10.4. The van der Waals surface area contributed by atoms with Crippen LogP contribution in [0.15, 0.2) is 24.3 Å². The van der Waals surface area contributed by atoms with Crippen LogP contribution < -0.4 is 9.47 Å². The summed E-state index contributed by atoms with van der Waals surface area (Å²) in [6, 6.07) is 4.22. The SMILES string of the molecule is O=C(O)/C=C/c1cccc2c1OC(F)(F)O2. The largest absolute Gasteiger partial charge is 0.586 e. The Bertz CT molecular complexity index is 468. The first-order valence-electron chi connectivity index (χ1n) is 4.28. The Balaban J connectivity index is 2.37. The standard InChI is InChI=1S/C10H6F2O4/c11-10(12)15-7-3-1-2-6(9(7)16-10)4-5-8(13)14/h1-5H,(H,13,14)/b5-4+. The number of carboxylic acid groups (broad SMARTS) is 1. The van der Waals surface area contributed by atoms with Crippen LogP contribution in [0, 0.1) is 0 Å². The van der Waals surface area contributed by atoms with E-state index in [1.165, 1.54) is 18.2 Å². The third-order valence-corrected chi connectivity index (χ3v) is 1.86. The van der Waals surface area contributed by atoms with E-state index in [0.717, 1.165) is 12.2 Å². The average Bonchev–Trinajstić information content (AvgIpc) is 2.48. The summed E-state index contributed by atoms with van der Waals surface area (Å²) in [5, 5.41) is 8.42. The molecule has 1 aromatic carbocycles. The van der Waals surface area contributed by atoms with Crippen LogP contribution >= 0.6 is 0 Å². The van der Waals surface area contributed by atoms with Crippen LogP contribution in [0.2, 0.25) is 0 Å². The van der Waals surface area contributed by atoms with E-state index in [1.54, 1.807) is 0 Å². The number of carboxylic acids is 1. The Labute approximate surface area is 88.7 Å². The van der Waals surface area contributed by atoms with E-state index in [-0.39, 0.29) is 17.1 Å². The number of hydrogen-bond donors (Lipinski definition) is 1. The maximum atomic E-state index is 12.7. The number of benzene rings is 1. The van der Waals surface area contributed by atoms with Gasteiger partial charge in [0.05, 0.1) is 0 Å². The molecule has 1 N–H and O–H groups in total. The lowest BCUT2D eigenvalue weighted by Crippen LogP contribution is -2.26. The third kappa shape index (κ3) is 1.95. The summed E-state index contributed by atoms with van der Waals surface area (Å²) in [6.45, 7) is 0. The Hall–Kier alpha value is -2.11. The number of ether oxygens (including phenoxy) is 2. The third-order valence-electron chi connectivity index (χ3n) is 1.86. The maximum absolute atomic E-state index is 12.7. The van der Waals surface area contributed by atoms with E-state index < -0.39 is 12.3 Å². The zero-order valence-corrected chi connectivity index (χ0v) is 7.81. The van der Waals surface area contributed by atoms with Gasteiger partial charge in [0.25, 0.3) is 0 Å². The van der Waals surface area contributed by atoms with E-state index in [2.05, 4.69) is 9.47 Å². The van der Waals surface area contributed by atoms with E-state index in [1.807, 2.05) is 0 Å². The summed E-state index contributed by atoms with van der Waals surface area (Å²) in [7, 11) is 0. The van der Waals surface area contributed by atoms with Gasteiger partial charge in [-0.3, -0.25) is 0 Å². The minimum Gasteiger partial charge on any atom is -0.478 e. The zero-order valence-electron chi connectivity index (χ0n) is 7.81. The van der Waals surface area contributed by atoms with Crippen molar-refractivity contribution in [1.82, 2.24) is 0 Å². The Kier molecular flexibility index (Phi) is 2.26. The molecule has 0 spiro atoms. The van der Waals surface area contributed by atoms with Crippen molar-refractivity contribution < 1.29 is 28.2 Å². The first-order valence-corrected chi connectivity index (χ1v) is 4.28. The van der Waals surface area contributed by atoms with E-state index in [4.69, 9.17) is 5.11 Å². The molecular weight excluding hydrogens is 222 g/mol. The van der Waals surface area contributed by atoms with Gasteiger partial charge in [0.1, 0.15) is 0 Å². The Morgan fingerprint density at radius 3 is 2.81 bits per heavy atom. The van der Waals surface area contributed by atoms with Crippen molar-refractivity contribution in [2.45, 2.75) is 6.29 Å². The van der Waals surface area contributed by atoms with E-state index in [0.29, 0.717) is 0 Å². The van der Waals surface area contributed by atoms with Gasteiger partial charge in [0, 0.05) is 11.6 Å². The first-order chi connectivity index (χ1) is 7.48. The average molecular weight is 228 g/mol. The quantitative estimate of drug-likeness (QED) is 0.787. The second kappa shape index (κ2) is 3.48. The topological polar surface area (TPSA) is 55.8 Å². The fraction of sp³-hybridized carbons (Fsp3) is 0.100. The predicted molar refractivity (Wildman–Crippen MR) is 49.3 cm³/mol. The number of fused-ring (bicyclic) bond motifs is 1. The summed E-state index contributed by atoms with van der Waals surface area (Å²) < 4.78 is 33.9. The highest BCUT2D eigenvalue weighted by atomic mass is 19.3. The van der Waals surface area contributed by atoms with Crippen LogP contribution in [0.25, 0.3) is 6.08 Å². The van der Waals surface area contributed by atoms with Gasteiger partial charge in [-0.25, -0.2) is 4.79 Å². The van der Waals surface area contributed by atoms with Gasteiger partial charge in [-0.2, -0.15) is 0 Å². The van der Waals surface area contributed by atoms with Crippen LogP contribution in [-0.2, 0) is 4.79 Å². The van der Waals surface area contributed by atoms with Gasteiger partial charge in [0.15, 0.2) is 11.5 Å². The van der Waals surface area contributed by atoms with Crippen molar-refractivity contribution in [1.29, 1.82) is 0 Å². The molecule has 0 saturated carbocycles. The molecule has 2 rings (SSSR count). The van der Waals surface area contributed by atoms with E-state index in [9.17, 15) is 13.6 Å². The second-order valence-corrected chi connectivity index (χ2v) is 3.01. The maximum Gasteiger partial charge on any atom is 0.586 e. The molecule has 0 unspecified atom stereocenters. The molecule has 0 bridgehead atoms. The molecule has 1 aliphatic heterocycles. The molecule has 0 fully saturated rings. The minimum atomic E-state index is -3.70. The molecule has 6 heteroatoms. The molecule has 16 heavy (non-hydrogen) atoms. The van der Waals surface area contributed by atoms with Crippen molar-refractivity contribution >= 4 is 12.0 Å². The summed E-state index contributed by atoms with van der Waals surface area (Å²) in [5.41, 5.74) is 0.220. The van der Waals surface area contributed by atoms with Crippen LogP contribution in [0.1, 0.15) is 5.56 Å². The monoisotopic (exact) mass is 228 g/mol. The number of para-hydroxylation sites is 1. The predicted octanol–water partition coefficient (Wildman–Crippen LogP) is 2.11. The van der Waals surface area contributed by atoms with Crippen LogP contribution in [0.5, 0.6) is 11.5 Å². The van der Waals surface area contributed by atoms with Crippen molar-refractivity contribution in [2.75, 3.05) is 0 Å². The van der Waals surface area contributed by atoms with Crippen LogP contribution in [-0.4, -0.2) is 17.4 Å². The Morgan fingerprint density at radius 2 is 2.12 bits per heavy atom. The molecule has 0 aliphatic carbocycles. The van der Waals surface area contributed by atoms with Crippen molar-refractivity contribution in [3.63, 3.8) is 0 Å². The van der Waals surface area contributed by atoms with Crippen molar-refractivity contribution in [3.8, 4) is 11.5 Å². The number of halogens is 2. The van der Waals surface area contributed by atoms with Crippen LogP contribution in [0.3, 0.4) is 0 Å². The molecule has 0 atom stereocenters.